The second-order valence-electron chi connectivity index (χ2n) is 6.90. The third kappa shape index (κ3) is 4.73. The number of hydrogen-bond acceptors (Lipinski definition) is 3. The number of carbonyl (C=O) groups is 2. The van der Waals surface area contributed by atoms with Crippen LogP contribution in [0.4, 0.5) is 0 Å². The number of rotatable bonds is 8. The van der Waals surface area contributed by atoms with Gasteiger partial charge < -0.3 is 10.0 Å². The molecule has 1 aromatic heterocycles. The van der Waals surface area contributed by atoms with Crippen LogP contribution in [-0.2, 0) is 16.0 Å². The summed E-state index contributed by atoms with van der Waals surface area (Å²) >= 11 is 1.78. The molecule has 1 N–H and O–H groups in total. The van der Waals surface area contributed by atoms with Crippen LogP contribution in [0.2, 0.25) is 0 Å². The largest absolute Gasteiger partial charge is 0.481 e. The van der Waals surface area contributed by atoms with Crippen LogP contribution in [-0.4, -0.2) is 35.0 Å². The molecule has 138 valence electrons. The molecule has 26 heavy (non-hydrogen) atoms. The third-order valence-electron chi connectivity index (χ3n) is 5.11. The van der Waals surface area contributed by atoms with E-state index >= 15 is 0 Å². The monoisotopic (exact) mass is 371 g/mol. The molecule has 1 fully saturated rings. The van der Waals surface area contributed by atoms with Crippen LogP contribution in [0.15, 0.2) is 47.8 Å². The quantitative estimate of drug-likeness (QED) is 0.708. The van der Waals surface area contributed by atoms with Crippen LogP contribution in [0.3, 0.4) is 0 Å². The zero-order valence-electron chi connectivity index (χ0n) is 14.8. The number of likely N-dealkylation sites (tertiary alicyclic amines) is 1. The summed E-state index contributed by atoms with van der Waals surface area (Å²) in [6.45, 7) is 0.831. The van der Waals surface area contributed by atoms with Gasteiger partial charge >= 0.3 is 5.97 Å². The first-order chi connectivity index (χ1) is 12.6. The molecule has 2 atom stereocenters. The van der Waals surface area contributed by atoms with Crippen molar-refractivity contribution in [2.75, 3.05) is 13.1 Å². The van der Waals surface area contributed by atoms with Gasteiger partial charge in [-0.05, 0) is 36.3 Å². The van der Waals surface area contributed by atoms with Gasteiger partial charge in [0.05, 0.1) is 5.92 Å². The number of aliphatic carboxylic acids is 1. The minimum atomic E-state index is -0.815. The number of nitrogens with zero attached hydrogens (tertiary/aromatic N) is 1. The van der Waals surface area contributed by atoms with Crippen molar-refractivity contribution in [3.8, 4) is 0 Å². The Morgan fingerprint density at radius 2 is 1.85 bits per heavy atom. The number of carboxylic acids is 1. The van der Waals surface area contributed by atoms with Gasteiger partial charge in [-0.3, -0.25) is 9.59 Å². The summed E-state index contributed by atoms with van der Waals surface area (Å²) in [7, 11) is 0. The first-order valence-corrected chi connectivity index (χ1v) is 10.1. The lowest BCUT2D eigenvalue weighted by atomic mass is 9.89. The number of carboxylic acid groups (broad SMARTS) is 1. The maximum atomic E-state index is 12.5. The molecule has 0 radical (unpaired) electrons. The normalized spacial score (nSPS) is 19.6. The summed E-state index contributed by atoms with van der Waals surface area (Å²) in [6.07, 6.45) is 4.58. The van der Waals surface area contributed by atoms with Crippen molar-refractivity contribution in [1.82, 2.24) is 4.90 Å². The van der Waals surface area contributed by atoms with Gasteiger partial charge in [0.1, 0.15) is 0 Å². The van der Waals surface area contributed by atoms with Gasteiger partial charge in [0.25, 0.3) is 0 Å². The number of thiophene rings is 1. The first-order valence-electron chi connectivity index (χ1n) is 9.23. The lowest BCUT2D eigenvalue weighted by Gasteiger charge is -2.16. The zero-order chi connectivity index (χ0) is 18.4. The topological polar surface area (TPSA) is 57.6 Å². The number of hydrogen-bond donors (Lipinski definition) is 1. The summed E-state index contributed by atoms with van der Waals surface area (Å²) in [5.41, 5.74) is 1.01. The molecule has 1 saturated heterocycles. The Morgan fingerprint density at radius 1 is 1.04 bits per heavy atom. The van der Waals surface area contributed by atoms with Gasteiger partial charge in [-0.25, -0.2) is 0 Å². The summed E-state index contributed by atoms with van der Waals surface area (Å²) in [6, 6.07) is 13.9. The Morgan fingerprint density at radius 3 is 2.54 bits per heavy atom. The number of benzene rings is 1. The molecular weight excluding hydrogens is 346 g/mol. The Balaban J connectivity index is 1.47. The zero-order valence-corrected chi connectivity index (χ0v) is 15.7. The van der Waals surface area contributed by atoms with Crippen LogP contribution in [0.5, 0.6) is 0 Å². The highest BCUT2D eigenvalue weighted by Gasteiger charge is 2.40. The van der Waals surface area contributed by atoms with Gasteiger partial charge in [0.2, 0.25) is 5.91 Å². The van der Waals surface area contributed by atoms with E-state index in [0.29, 0.717) is 19.5 Å². The van der Waals surface area contributed by atoms with E-state index in [1.807, 2.05) is 30.3 Å². The summed E-state index contributed by atoms with van der Waals surface area (Å²) in [4.78, 5) is 27.3. The van der Waals surface area contributed by atoms with Gasteiger partial charge in [-0.1, -0.05) is 42.8 Å². The second-order valence-corrected chi connectivity index (χ2v) is 7.93. The highest BCUT2D eigenvalue weighted by molar-refractivity contribution is 7.09. The maximum Gasteiger partial charge on any atom is 0.308 e. The van der Waals surface area contributed by atoms with Gasteiger partial charge in [0, 0.05) is 30.3 Å². The molecule has 0 aliphatic carbocycles. The molecule has 2 unspecified atom stereocenters. The molecule has 0 bridgehead atoms. The molecule has 5 heteroatoms. The molecule has 1 aliphatic heterocycles. The predicted molar refractivity (Wildman–Crippen MR) is 103 cm³/mol. The van der Waals surface area contributed by atoms with Crippen LogP contribution in [0, 0.1) is 5.92 Å². The number of aryl methyl sites for hydroxylation is 1. The molecule has 0 spiro atoms. The van der Waals surface area contributed by atoms with Gasteiger partial charge in [-0.2, -0.15) is 0 Å². The lowest BCUT2D eigenvalue weighted by Crippen LogP contribution is -2.29. The summed E-state index contributed by atoms with van der Waals surface area (Å²) in [5.74, 6) is -1.35. The first kappa shape index (κ1) is 18.6. The predicted octanol–water partition coefficient (Wildman–Crippen LogP) is 4.18. The molecule has 1 aliphatic rings. The van der Waals surface area contributed by atoms with Crippen molar-refractivity contribution in [3.05, 3.63) is 58.3 Å². The van der Waals surface area contributed by atoms with E-state index in [-0.39, 0.29) is 11.8 Å². The maximum absolute atomic E-state index is 12.5. The van der Waals surface area contributed by atoms with Crippen molar-refractivity contribution in [1.29, 1.82) is 0 Å². The third-order valence-corrected chi connectivity index (χ3v) is 6.05. The fraction of sp³-hybridized carbons (Fsp3) is 0.429. The van der Waals surface area contributed by atoms with Crippen molar-refractivity contribution >= 4 is 23.2 Å². The molecule has 2 aromatic rings. The smallest absolute Gasteiger partial charge is 0.308 e. The van der Waals surface area contributed by atoms with E-state index in [4.69, 9.17) is 0 Å². The molecule has 0 saturated carbocycles. The molecular formula is C21H25NO3S. The van der Waals surface area contributed by atoms with Crippen molar-refractivity contribution in [2.45, 2.75) is 38.0 Å². The minimum Gasteiger partial charge on any atom is -0.481 e. The van der Waals surface area contributed by atoms with E-state index in [2.05, 4.69) is 17.5 Å². The van der Waals surface area contributed by atoms with E-state index in [1.165, 1.54) is 4.88 Å². The van der Waals surface area contributed by atoms with Crippen LogP contribution in [0.1, 0.15) is 42.0 Å². The van der Waals surface area contributed by atoms with Crippen molar-refractivity contribution in [3.63, 3.8) is 0 Å². The molecule has 1 aromatic carbocycles. The fourth-order valence-corrected chi connectivity index (χ4v) is 4.41. The number of unbranched alkanes of at least 4 members (excludes halogenated alkanes) is 2. The molecule has 2 heterocycles. The van der Waals surface area contributed by atoms with Crippen LogP contribution < -0.4 is 0 Å². The second kappa shape index (κ2) is 8.99. The van der Waals surface area contributed by atoms with Crippen molar-refractivity contribution in [2.24, 2.45) is 5.92 Å². The van der Waals surface area contributed by atoms with Crippen molar-refractivity contribution < 1.29 is 14.7 Å². The summed E-state index contributed by atoms with van der Waals surface area (Å²) < 4.78 is 0. The van der Waals surface area contributed by atoms with E-state index < -0.39 is 11.9 Å². The molecule has 4 nitrogen and oxygen atoms in total. The highest BCUT2D eigenvalue weighted by Crippen LogP contribution is 2.33. The molecule has 3 rings (SSSR count). The fourth-order valence-electron chi connectivity index (χ4n) is 3.66. The Labute approximate surface area is 158 Å². The Kier molecular flexibility index (Phi) is 6.45. The molecule has 1 amide bonds. The van der Waals surface area contributed by atoms with Crippen LogP contribution >= 0.6 is 11.3 Å². The Hall–Kier alpha value is -2.14. The highest BCUT2D eigenvalue weighted by atomic mass is 32.1. The number of amides is 1. The standard InChI is InChI=1S/C21H25NO3S/c23-20(12-6-2-5-10-17-11-7-13-26-17)22-14-18(19(15-22)21(24)25)16-8-3-1-4-9-16/h1,3-4,7-9,11,13,18-19H,2,5-6,10,12,14-15H2,(H,24,25). The van der Waals surface area contributed by atoms with E-state index in [0.717, 1.165) is 31.2 Å². The lowest BCUT2D eigenvalue weighted by molar-refractivity contribution is -0.141. The van der Waals surface area contributed by atoms with Gasteiger partial charge in [0.15, 0.2) is 0 Å². The van der Waals surface area contributed by atoms with Gasteiger partial charge in [-0.15, -0.1) is 11.3 Å². The van der Waals surface area contributed by atoms with E-state index in [1.54, 1.807) is 16.2 Å². The average Bonchev–Trinajstić information content (AvgIpc) is 3.32. The minimum absolute atomic E-state index is 0.0887. The SMILES string of the molecule is O=C(O)C1CN(C(=O)CCCCCc2cccs2)CC1c1ccccc1. The number of carbonyl (C=O) groups excluding carboxylic acids is 1. The average molecular weight is 372 g/mol. The van der Waals surface area contributed by atoms with Crippen LogP contribution in [0.25, 0.3) is 0 Å². The van der Waals surface area contributed by atoms with E-state index in [9.17, 15) is 14.7 Å². The summed E-state index contributed by atoms with van der Waals surface area (Å²) in [5, 5.41) is 11.6. The Bertz CT molecular complexity index is 714.